The summed E-state index contributed by atoms with van der Waals surface area (Å²) in [6, 6.07) is 7.63. The Morgan fingerprint density at radius 3 is 2.57 bits per heavy atom. The molecule has 224 valence electrons. The van der Waals surface area contributed by atoms with Crippen LogP contribution in [0.2, 0.25) is 0 Å². The standard InChI is InChI=1S/C30H33F4N5O3/c1-4-42-23-10-20(29(15-41-16-29)12-27-36-35-17-37(27)3)9-22(11-23)39-14-25-24(28(39)40)7-19(8-26(25)30(32,33)34)18(2)38-6-5-21(31)13-38/h7-11,17-18,21H,4-6,12-16H2,1-3H3/t18-,21?/m1/s1. The van der Waals surface area contributed by atoms with Crippen LogP contribution in [0.5, 0.6) is 5.75 Å². The molecule has 0 spiro atoms. The van der Waals surface area contributed by atoms with Crippen molar-refractivity contribution >= 4 is 11.6 Å². The first-order valence-corrected chi connectivity index (χ1v) is 14.1. The van der Waals surface area contributed by atoms with Gasteiger partial charge in [-0.2, -0.15) is 13.2 Å². The summed E-state index contributed by atoms with van der Waals surface area (Å²) < 4.78 is 70.3. The van der Waals surface area contributed by atoms with E-state index in [1.54, 1.807) is 25.4 Å². The number of fused-ring (bicyclic) bond motifs is 1. The number of benzene rings is 2. The van der Waals surface area contributed by atoms with Crippen LogP contribution in [-0.2, 0) is 36.3 Å². The second kappa shape index (κ2) is 10.6. The van der Waals surface area contributed by atoms with Crippen LogP contribution in [0.1, 0.15) is 64.7 Å². The minimum absolute atomic E-state index is 0.0202. The van der Waals surface area contributed by atoms with E-state index in [4.69, 9.17) is 9.47 Å². The molecule has 12 heteroatoms. The Hall–Kier alpha value is -3.51. The molecule has 2 aromatic carbocycles. The predicted molar refractivity (Wildman–Crippen MR) is 146 cm³/mol. The number of halogens is 4. The van der Waals surface area contributed by atoms with Gasteiger partial charge >= 0.3 is 6.18 Å². The van der Waals surface area contributed by atoms with Crippen LogP contribution < -0.4 is 9.64 Å². The van der Waals surface area contributed by atoms with Gasteiger partial charge < -0.3 is 18.9 Å². The van der Waals surface area contributed by atoms with Crippen LogP contribution in [0.3, 0.4) is 0 Å². The summed E-state index contributed by atoms with van der Waals surface area (Å²) in [6.07, 6.45) is -3.17. The number of nitrogens with zero attached hydrogens (tertiary/aromatic N) is 5. The van der Waals surface area contributed by atoms with Gasteiger partial charge in [0.15, 0.2) is 0 Å². The number of carbonyl (C=O) groups is 1. The molecule has 3 aliphatic rings. The lowest BCUT2D eigenvalue weighted by molar-refractivity contribution is -0.138. The Balaban J connectivity index is 1.39. The van der Waals surface area contributed by atoms with E-state index < -0.39 is 35.3 Å². The topological polar surface area (TPSA) is 72.7 Å². The number of aryl methyl sites for hydroxylation is 1. The summed E-state index contributed by atoms with van der Waals surface area (Å²) in [7, 11) is 1.86. The molecule has 0 radical (unpaired) electrons. The molecule has 0 aliphatic carbocycles. The van der Waals surface area contributed by atoms with Crippen LogP contribution in [0, 0.1) is 0 Å². The van der Waals surface area contributed by atoms with E-state index in [0.717, 1.165) is 17.5 Å². The van der Waals surface area contributed by atoms with Crippen LogP contribution in [0.25, 0.3) is 0 Å². The third-order valence-electron chi connectivity index (χ3n) is 8.75. The average molecular weight is 588 g/mol. The van der Waals surface area contributed by atoms with Gasteiger partial charge in [0.05, 0.1) is 31.9 Å². The molecule has 1 unspecified atom stereocenters. The van der Waals surface area contributed by atoms with Crippen LogP contribution in [0.4, 0.5) is 23.2 Å². The number of aromatic nitrogens is 3. The number of amides is 1. The zero-order valence-electron chi connectivity index (χ0n) is 23.7. The molecule has 8 nitrogen and oxygen atoms in total. The fraction of sp³-hybridized carbons (Fsp3) is 0.500. The van der Waals surface area contributed by atoms with Gasteiger partial charge in [0, 0.05) is 55.3 Å². The van der Waals surface area contributed by atoms with Gasteiger partial charge in [-0.15, -0.1) is 10.2 Å². The Morgan fingerprint density at radius 1 is 1.19 bits per heavy atom. The number of alkyl halides is 4. The third kappa shape index (κ3) is 5.04. The van der Waals surface area contributed by atoms with Crippen molar-refractivity contribution in [2.45, 2.75) is 57.0 Å². The Labute approximate surface area is 241 Å². The van der Waals surface area contributed by atoms with Crippen LogP contribution in [0.15, 0.2) is 36.7 Å². The highest BCUT2D eigenvalue weighted by Crippen LogP contribution is 2.44. The lowest BCUT2D eigenvalue weighted by atomic mass is 9.75. The maximum Gasteiger partial charge on any atom is 0.416 e. The van der Waals surface area contributed by atoms with E-state index in [9.17, 15) is 22.4 Å². The fourth-order valence-corrected chi connectivity index (χ4v) is 6.22. The largest absolute Gasteiger partial charge is 0.494 e. The molecule has 3 aliphatic heterocycles. The van der Waals surface area contributed by atoms with Crippen LogP contribution in [-0.4, -0.2) is 64.7 Å². The van der Waals surface area contributed by atoms with Gasteiger partial charge in [-0.25, -0.2) is 4.39 Å². The quantitative estimate of drug-likeness (QED) is 0.345. The Kier molecular flexibility index (Phi) is 7.25. The van der Waals surface area contributed by atoms with E-state index in [0.29, 0.717) is 56.2 Å². The molecule has 1 amide bonds. The van der Waals surface area contributed by atoms with Crippen molar-refractivity contribution in [3.05, 3.63) is 70.3 Å². The van der Waals surface area contributed by atoms with Gasteiger partial charge in [0.1, 0.15) is 24.1 Å². The van der Waals surface area contributed by atoms with E-state index in [-0.39, 0.29) is 24.2 Å². The molecular weight excluding hydrogens is 554 g/mol. The highest BCUT2D eigenvalue weighted by molar-refractivity contribution is 6.10. The summed E-state index contributed by atoms with van der Waals surface area (Å²) in [6.45, 7) is 5.19. The molecular formula is C30H33F4N5O3. The molecule has 2 fully saturated rings. The van der Waals surface area contributed by atoms with Gasteiger partial charge in [0.25, 0.3) is 5.91 Å². The molecule has 2 saturated heterocycles. The van der Waals surface area contributed by atoms with E-state index in [1.165, 1.54) is 4.90 Å². The zero-order valence-corrected chi connectivity index (χ0v) is 23.7. The number of hydrogen-bond acceptors (Lipinski definition) is 6. The van der Waals surface area contributed by atoms with Crippen molar-refractivity contribution in [1.29, 1.82) is 0 Å². The zero-order chi connectivity index (χ0) is 29.8. The molecule has 0 saturated carbocycles. The monoisotopic (exact) mass is 587 g/mol. The SMILES string of the molecule is CCOc1cc(N2Cc3c(cc([C@@H](C)N4CCC(F)C4)cc3C(F)(F)F)C2=O)cc(C2(Cc3nncn3C)COC2)c1. The number of likely N-dealkylation sites (tertiary alicyclic amines) is 1. The predicted octanol–water partition coefficient (Wildman–Crippen LogP) is 5.01. The van der Waals surface area contributed by atoms with Gasteiger partial charge in [-0.3, -0.25) is 9.69 Å². The molecule has 0 bridgehead atoms. The summed E-state index contributed by atoms with van der Waals surface area (Å²) in [4.78, 5) is 17.0. The van der Waals surface area contributed by atoms with Crippen molar-refractivity contribution in [3.63, 3.8) is 0 Å². The van der Waals surface area contributed by atoms with Crippen molar-refractivity contribution in [2.24, 2.45) is 7.05 Å². The van der Waals surface area contributed by atoms with Gasteiger partial charge in [0.2, 0.25) is 0 Å². The highest BCUT2D eigenvalue weighted by Gasteiger charge is 2.44. The first-order chi connectivity index (χ1) is 20.0. The summed E-state index contributed by atoms with van der Waals surface area (Å²) in [5.74, 6) is 0.763. The Morgan fingerprint density at radius 2 is 1.98 bits per heavy atom. The second-order valence-electron chi connectivity index (χ2n) is 11.5. The molecule has 3 aromatic rings. The molecule has 42 heavy (non-hydrogen) atoms. The molecule has 2 atom stereocenters. The van der Waals surface area contributed by atoms with Gasteiger partial charge in [-0.1, -0.05) is 0 Å². The highest BCUT2D eigenvalue weighted by atomic mass is 19.4. The Bertz CT molecular complexity index is 1500. The average Bonchev–Trinajstić information content (AvgIpc) is 3.63. The second-order valence-corrected chi connectivity index (χ2v) is 11.5. The number of ether oxygens (including phenoxy) is 2. The van der Waals surface area contributed by atoms with Crippen molar-refractivity contribution < 1.29 is 31.8 Å². The van der Waals surface area contributed by atoms with E-state index in [1.807, 2.05) is 35.6 Å². The molecule has 0 N–H and O–H groups in total. The summed E-state index contributed by atoms with van der Waals surface area (Å²) in [5.41, 5.74) is 0.321. The smallest absolute Gasteiger partial charge is 0.416 e. The molecule has 4 heterocycles. The van der Waals surface area contributed by atoms with Crippen molar-refractivity contribution in [2.75, 3.05) is 37.8 Å². The third-order valence-corrected chi connectivity index (χ3v) is 8.75. The molecule has 6 rings (SSSR count). The number of carbonyl (C=O) groups excluding carboxylic acids is 1. The lowest BCUT2D eigenvalue weighted by Gasteiger charge is -2.42. The normalized spacial score (nSPS) is 21.0. The maximum absolute atomic E-state index is 14.4. The minimum atomic E-state index is -4.66. The first kappa shape index (κ1) is 28.6. The van der Waals surface area contributed by atoms with E-state index in [2.05, 4.69) is 10.2 Å². The first-order valence-electron chi connectivity index (χ1n) is 14.1. The number of anilines is 1. The lowest BCUT2D eigenvalue weighted by Crippen LogP contribution is -2.49. The maximum atomic E-state index is 14.4. The van der Waals surface area contributed by atoms with Gasteiger partial charge in [-0.05, 0) is 61.2 Å². The van der Waals surface area contributed by atoms with Crippen molar-refractivity contribution in [3.8, 4) is 5.75 Å². The van der Waals surface area contributed by atoms with Crippen LogP contribution >= 0.6 is 0 Å². The number of hydrogen-bond donors (Lipinski definition) is 0. The van der Waals surface area contributed by atoms with Crippen molar-refractivity contribution in [1.82, 2.24) is 19.7 Å². The summed E-state index contributed by atoms with van der Waals surface area (Å²) in [5, 5.41) is 8.20. The minimum Gasteiger partial charge on any atom is -0.494 e. The molecule has 1 aromatic heterocycles. The van der Waals surface area contributed by atoms with E-state index >= 15 is 0 Å². The number of rotatable bonds is 8. The fourth-order valence-electron chi connectivity index (χ4n) is 6.22. The summed E-state index contributed by atoms with van der Waals surface area (Å²) >= 11 is 0.